The zero-order valence-corrected chi connectivity index (χ0v) is 20.4. The summed E-state index contributed by atoms with van der Waals surface area (Å²) in [5, 5.41) is 0. The number of methoxy groups -OCH3 is 1. The van der Waals surface area contributed by atoms with E-state index in [1.54, 1.807) is 6.92 Å². The number of esters is 2. The minimum absolute atomic E-state index is 0.0372. The fraction of sp³-hybridized carbons (Fsp3) is 0.440. The number of benzene rings is 1. The van der Waals surface area contributed by atoms with Crippen molar-refractivity contribution in [1.82, 2.24) is 4.98 Å². The van der Waals surface area contributed by atoms with Crippen molar-refractivity contribution in [1.29, 1.82) is 0 Å². The molecule has 1 unspecified atom stereocenters. The first-order chi connectivity index (χ1) is 15.7. The molecule has 0 saturated heterocycles. The molecule has 0 spiro atoms. The second-order valence-corrected chi connectivity index (χ2v) is 6.99. The molecule has 33 heavy (non-hydrogen) atoms. The van der Waals surface area contributed by atoms with E-state index in [0.29, 0.717) is 6.42 Å². The number of carbonyl (C=O) groups is 3. The van der Waals surface area contributed by atoms with Gasteiger partial charge >= 0.3 is 11.9 Å². The SMILES string of the molecule is CCC(=O)OC(C)Cc1ccccc1.CCCC.COc1ccnc(C(N)=O)c1OC(C)=O. The number of pyridine rings is 1. The Morgan fingerprint density at radius 2 is 1.64 bits per heavy atom. The normalized spacial score (nSPS) is 10.4. The molecule has 182 valence electrons. The number of aromatic nitrogens is 1. The molecule has 8 nitrogen and oxygen atoms in total. The van der Waals surface area contributed by atoms with E-state index in [9.17, 15) is 14.4 Å². The lowest BCUT2D eigenvalue weighted by atomic mass is 10.1. The molecule has 0 aliphatic rings. The maximum atomic E-state index is 11.0. The monoisotopic (exact) mass is 460 g/mol. The molecule has 2 rings (SSSR count). The van der Waals surface area contributed by atoms with E-state index in [0.717, 1.165) is 6.42 Å². The third-order valence-electron chi connectivity index (χ3n) is 4.05. The maximum Gasteiger partial charge on any atom is 0.308 e. The van der Waals surface area contributed by atoms with Crippen LogP contribution < -0.4 is 15.2 Å². The van der Waals surface area contributed by atoms with Gasteiger partial charge in [-0.1, -0.05) is 63.9 Å². The molecule has 8 heteroatoms. The summed E-state index contributed by atoms with van der Waals surface area (Å²) in [6.45, 7) is 9.29. The number of rotatable bonds is 8. The molecule has 0 bridgehead atoms. The van der Waals surface area contributed by atoms with Gasteiger partial charge in [-0.2, -0.15) is 0 Å². The van der Waals surface area contributed by atoms with E-state index in [1.807, 2.05) is 37.3 Å². The summed E-state index contributed by atoms with van der Waals surface area (Å²) in [7, 11) is 1.38. The second-order valence-electron chi connectivity index (χ2n) is 6.99. The van der Waals surface area contributed by atoms with Crippen molar-refractivity contribution in [3.8, 4) is 11.5 Å². The first kappa shape index (κ1) is 29.6. The zero-order valence-electron chi connectivity index (χ0n) is 20.4. The molecule has 0 aliphatic heterocycles. The number of unbranched alkanes of at least 4 members (excludes halogenated alkanes) is 1. The smallest absolute Gasteiger partial charge is 0.308 e. The summed E-state index contributed by atoms with van der Waals surface area (Å²) in [5.41, 5.74) is 6.13. The Morgan fingerprint density at radius 1 is 1.03 bits per heavy atom. The Labute approximate surface area is 196 Å². The third kappa shape index (κ3) is 12.9. The quantitative estimate of drug-likeness (QED) is 0.577. The minimum atomic E-state index is -0.787. The molecule has 1 aromatic heterocycles. The molecular weight excluding hydrogens is 424 g/mol. The van der Waals surface area contributed by atoms with Crippen LogP contribution in [-0.2, 0) is 20.7 Å². The van der Waals surface area contributed by atoms with Gasteiger partial charge in [-0.3, -0.25) is 14.4 Å². The molecule has 0 aliphatic carbocycles. The molecule has 1 heterocycles. The summed E-state index contributed by atoms with van der Waals surface area (Å²) in [6, 6.07) is 11.5. The summed E-state index contributed by atoms with van der Waals surface area (Å²) in [4.78, 5) is 36.5. The highest BCUT2D eigenvalue weighted by atomic mass is 16.6. The van der Waals surface area contributed by atoms with Gasteiger partial charge in [0.2, 0.25) is 5.75 Å². The van der Waals surface area contributed by atoms with Crippen LogP contribution in [0.4, 0.5) is 0 Å². The van der Waals surface area contributed by atoms with Crippen molar-refractivity contribution >= 4 is 17.8 Å². The van der Waals surface area contributed by atoms with Crippen LogP contribution in [-0.4, -0.2) is 36.0 Å². The van der Waals surface area contributed by atoms with E-state index in [-0.39, 0.29) is 29.3 Å². The van der Waals surface area contributed by atoms with Crippen molar-refractivity contribution in [2.24, 2.45) is 5.73 Å². The number of nitrogens with two attached hydrogens (primary N) is 1. The number of amides is 1. The molecule has 2 aromatic rings. The molecule has 2 N–H and O–H groups in total. The van der Waals surface area contributed by atoms with Gasteiger partial charge in [0, 0.05) is 32.0 Å². The first-order valence-corrected chi connectivity index (χ1v) is 10.9. The van der Waals surface area contributed by atoms with Crippen molar-refractivity contribution in [2.45, 2.75) is 66.4 Å². The molecule has 1 amide bonds. The first-order valence-electron chi connectivity index (χ1n) is 10.9. The number of primary amides is 1. The second kappa shape index (κ2) is 17.2. The predicted octanol–water partition coefficient (Wildman–Crippen LogP) is 4.49. The minimum Gasteiger partial charge on any atom is -0.493 e. The van der Waals surface area contributed by atoms with Gasteiger partial charge in [0.05, 0.1) is 7.11 Å². The van der Waals surface area contributed by atoms with E-state index >= 15 is 0 Å². The van der Waals surface area contributed by atoms with Gasteiger partial charge < -0.3 is 19.9 Å². The standard InChI is InChI=1S/C12H16O2.C9H10N2O4.C4H10/c1-3-12(13)14-10(2)9-11-7-5-4-6-8-11;1-5(12)15-8-6(14-2)3-4-11-7(8)9(10)13;1-3-4-2/h4-8,10H,3,9H2,1-2H3;3-4H,1-2H3,(H2,10,13);3-4H2,1-2H3. The van der Waals surface area contributed by atoms with Gasteiger partial charge in [-0.15, -0.1) is 0 Å². The van der Waals surface area contributed by atoms with E-state index in [4.69, 9.17) is 19.9 Å². The highest BCUT2D eigenvalue weighted by molar-refractivity contribution is 5.95. The Kier molecular flexibility index (Phi) is 15.4. The van der Waals surface area contributed by atoms with Gasteiger partial charge in [-0.05, 0) is 12.5 Å². The summed E-state index contributed by atoms with van der Waals surface area (Å²) in [5.74, 6) is -1.32. The van der Waals surface area contributed by atoms with Gasteiger partial charge in [0.1, 0.15) is 6.10 Å². The van der Waals surface area contributed by atoms with Crippen molar-refractivity contribution < 1.29 is 28.6 Å². The highest BCUT2D eigenvalue weighted by Crippen LogP contribution is 2.29. The topological polar surface area (TPSA) is 118 Å². The molecular formula is C25H36N2O6. The maximum absolute atomic E-state index is 11.0. The Balaban J connectivity index is 0.000000536. The molecule has 1 atom stereocenters. The summed E-state index contributed by atoms with van der Waals surface area (Å²) < 4.78 is 14.9. The van der Waals surface area contributed by atoms with Crippen LogP contribution in [0.5, 0.6) is 11.5 Å². The summed E-state index contributed by atoms with van der Waals surface area (Å²) >= 11 is 0. The van der Waals surface area contributed by atoms with E-state index < -0.39 is 11.9 Å². The average Bonchev–Trinajstić information content (AvgIpc) is 2.79. The van der Waals surface area contributed by atoms with Crippen molar-refractivity contribution in [2.75, 3.05) is 7.11 Å². The fourth-order valence-corrected chi connectivity index (χ4v) is 2.30. The molecule has 1 aromatic carbocycles. The van der Waals surface area contributed by atoms with Crippen LogP contribution in [0.3, 0.4) is 0 Å². The Bertz CT molecular complexity index is 853. The van der Waals surface area contributed by atoms with Crippen LogP contribution in [0.25, 0.3) is 0 Å². The predicted molar refractivity (Wildman–Crippen MR) is 127 cm³/mol. The number of carbonyl (C=O) groups excluding carboxylic acids is 3. The molecule has 0 radical (unpaired) electrons. The van der Waals surface area contributed by atoms with Crippen LogP contribution >= 0.6 is 0 Å². The average molecular weight is 461 g/mol. The third-order valence-corrected chi connectivity index (χ3v) is 4.05. The lowest BCUT2D eigenvalue weighted by Gasteiger charge is -2.12. The van der Waals surface area contributed by atoms with E-state index in [1.165, 1.54) is 44.7 Å². The zero-order chi connectivity index (χ0) is 25.2. The lowest BCUT2D eigenvalue weighted by Crippen LogP contribution is -2.16. The Hall–Kier alpha value is -3.42. The highest BCUT2D eigenvalue weighted by Gasteiger charge is 2.18. The number of ether oxygens (including phenoxy) is 3. The van der Waals surface area contributed by atoms with Crippen LogP contribution in [0.15, 0.2) is 42.6 Å². The largest absolute Gasteiger partial charge is 0.493 e. The fourth-order valence-electron chi connectivity index (χ4n) is 2.30. The number of hydrogen-bond donors (Lipinski definition) is 1. The summed E-state index contributed by atoms with van der Waals surface area (Å²) in [6.07, 6.45) is 5.17. The Morgan fingerprint density at radius 3 is 2.09 bits per heavy atom. The van der Waals surface area contributed by atoms with Gasteiger partial charge in [-0.25, -0.2) is 4.98 Å². The van der Waals surface area contributed by atoms with Gasteiger partial charge in [0.25, 0.3) is 5.91 Å². The molecule has 0 saturated carbocycles. The molecule has 0 fully saturated rings. The van der Waals surface area contributed by atoms with E-state index in [2.05, 4.69) is 18.8 Å². The van der Waals surface area contributed by atoms with Crippen LogP contribution in [0, 0.1) is 0 Å². The number of hydrogen-bond acceptors (Lipinski definition) is 7. The van der Waals surface area contributed by atoms with Crippen molar-refractivity contribution in [3.63, 3.8) is 0 Å². The number of nitrogens with zero attached hydrogens (tertiary/aromatic N) is 1. The van der Waals surface area contributed by atoms with Crippen LogP contribution in [0.1, 0.15) is 69.9 Å². The van der Waals surface area contributed by atoms with Crippen molar-refractivity contribution in [3.05, 3.63) is 53.9 Å². The van der Waals surface area contributed by atoms with Crippen LogP contribution in [0.2, 0.25) is 0 Å². The van der Waals surface area contributed by atoms with Gasteiger partial charge in [0.15, 0.2) is 11.4 Å². The lowest BCUT2D eigenvalue weighted by molar-refractivity contribution is -0.147.